The maximum atomic E-state index is 13.7. The van der Waals surface area contributed by atoms with Gasteiger partial charge < -0.3 is 4.90 Å². The molecule has 0 atom stereocenters. The molecule has 0 aliphatic carbocycles. The van der Waals surface area contributed by atoms with Gasteiger partial charge in [0, 0.05) is 17.6 Å². The molecule has 128 valence electrons. The number of amidine groups is 1. The molecule has 1 N–H and O–H groups in total. The Bertz CT molecular complexity index is 985. The van der Waals surface area contributed by atoms with E-state index in [0.717, 1.165) is 35.6 Å². The van der Waals surface area contributed by atoms with Crippen LogP contribution in [0, 0.1) is 5.82 Å². The minimum atomic E-state index is -3.96. The number of thioether (sulfide) groups is 1. The Balaban J connectivity index is 1.55. The van der Waals surface area contributed by atoms with Crippen molar-refractivity contribution in [3.8, 4) is 0 Å². The Morgan fingerprint density at radius 3 is 2.64 bits per heavy atom. The summed E-state index contributed by atoms with van der Waals surface area (Å²) < 4.78 is 40.8. The molecule has 0 amide bonds. The fourth-order valence-electron chi connectivity index (χ4n) is 2.73. The zero-order chi connectivity index (χ0) is 17.4. The highest BCUT2D eigenvalue weighted by Crippen LogP contribution is 2.35. The molecule has 4 rings (SSSR count). The second kappa shape index (κ2) is 6.20. The highest BCUT2D eigenvalue weighted by molar-refractivity contribution is 8.16. The zero-order valence-electron chi connectivity index (χ0n) is 13.0. The smallest absolute Gasteiger partial charge is 0.264 e. The monoisotopic (exact) mass is 375 g/mol. The molecule has 0 radical (unpaired) electrons. The third kappa shape index (κ3) is 3.03. The van der Waals surface area contributed by atoms with E-state index in [-0.39, 0.29) is 4.90 Å². The normalized spacial score (nSPS) is 16.4. The van der Waals surface area contributed by atoms with Gasteiger partial charge in [0.2, 0.25) is 0 Å². The molecule has 0 bridgehead atoms. The number of nitrogens with one attached hydrogen (secondary N) is 1. The van der Waals surface area contributed by atoms with Gasteiger partial charge in [0.1, 0.15) is 10.7 Å². The van der Waals surface area contributed by atoms with Gasteiger partial charge in [-0.3, -0.25) is 9.71 Å². The molecule has 2 heterocycles. The molecule has 0 saturated carbocycles. The van der Waals surface area contributed by atoms with E-state index in [1.54, 1.807) is 23.9 Å². The van der Waals surface area contributed by atoms with Gasteiger partial charge in [-0.1, -0.05) is 36.0 Å². The lowest BCUT2D eigenvalue weighted by atomic mass is 10.1. The van der Waals surface area contributed by atoms with Gasteiger partial charge in [0.05, 0.1) is 12.2 Å². The number of anilines is 1. The van der Waals surface area contributed by atoms with E-state index >= 15 is 0 Å². The van der Waals surface area contributed by atoms with E-state index in [1.165, 1.54) is 18.2 Å². The van der Waals surface area contributed by atoms with Crippen LogP contribution < -0.4 is 4.72 Å². The number of halogens is 1. The van der Waals surface area contributed by atoms with Crippen LogP contribution in [0.4, 0.5) is 10.1 Å². The van der Waals surface area contributed by atoms with E-state index in [4.69, 9.17) is 0 Å². The third-order valence-electron chi connectivity index (χ3n) is 3.93. The molecule has 2 aliphatic rings. The van der Waals surface area contributed by atoms with Crippen molar-refractivity contribution in [2.45, 2.75) is 4.90 Å². The minimum Gasteiger partial charge on any atom is -0.318 e. The predicted octanol–water partition coefficient (Wildman–Crippen LogP) is 3.34. The summed E-state index contributed by atoms with van der Waals surface area (Å²) in [6.45, 7) is 1.65. The number of rotatable bonds is 4. The summed E-state index contributed by atoms with van der Waals surface area (Å²) in [5.41, 5.74) is 2.42. The lowest BCUT2D eigenvalue weighted by molar-refractivity contribution is 0.570. The standard InChI is InChI=1S/C17H14FN3O2S2/c18-14-3-1-2-4-16(14)25(22,23)20-13-7-5-12(6-8-13)15-11-24-17-19-9-10-21(15)17/h1-8,11,20H,9-10H2. The van der Waals surface area contributed by atoms with Gasteiger partial charge in [-0.05, 0) is 29.8 Å². The van der Waals surface area contributed by atoms with Gasteiger partial charge in [-0.25, -0.2) is 12.8 Å². The number of aliphatic imine (C=N–C) groups is 1. The van der Waals surface area contributed by atoms with Crippen molar-refractivity contribution in [3.05, 3.63) is 65.3 Å². The largest absolute Gasteiger partial charge is 0.318 e. The highest BCUT2D eigenvalue weighted by Gasteiger charge is 2.27. The summed E-state index contributed by atoms with van der Waals surface area (Å²) in [4.78, 5) is 6.18. The quantitative estimate of drug-likeness (QED) is 0.890. The molecular formula is C17H14FN3O2S2. The van der Waals surface area contributed by atoms with Crippen molar-refractivity contribution in [1.82, 2.24) is 4.90 Å². The van der Waals surface area contributed by atoms with E-state index < -0.39 is 15.8 Å². The molecule has 0 saturated heterocycles. The average Bonchev–Trinajstić information content (AvgIpc) is 3.19. The molecule has 0 unspecified atom stereocenters. The van der Waals surface area contributed by atoms with Crippen LogP contribution in [0.5, 0.6) is 0 Å². The number of hydrogen-bond donors (Lipinski definition) is 1. The maximum Gasteiger partial charge on any atom is 0.264 e. The topological polar surface area (TPSA) is 61.8 Å². The maximum absolute atomic E-state index is 13.7. The number of nitrogens with zero attached hydrogens (tertiary/aromatic N) is 2. The van der Waals surface area contributed by atoms with E-state index in [2.05, 4.69) is 14.6 Å². The molecule has 0 fully saturated rings. The van der Waals surface area contributed by atoms with Crippen LogP contribution in [0.1, 0.15) is 5.56 Å². The Labute approximate surface area is 149 Å². The molecule has 25 heavy (non-hydrogen) atoms. The summed E-state index contributed by atoms with van der Waals surface area (Å²) in [5, 5.41) is 3.04. The van der Waals surface area contributed by atoms with Crippen molar-refractivity contribution in [1.29, 1.82) is 0 Å². The Morgan fingerprint density at radius 1 is 1.12 bits per heavy atom. The first-order valence-electron chi connectivity index (χ1n) is 7.61. The molecule has 2 aliphatic heterocycles. The average molecular weight is 375 g/mol. The van der Waals surface area contributed by atoms with Gasteiger partial charge in [-0.2, -0.15) is 0 Å². The van der Waals surface area contributed by atoms with E-state index in [1.807, 2.05) is 17.5 Å². The van der Waals surface area contributed by atoms with Crippen LogP contribution in [0.15, 0.2) is 63.8 Å². The molecule has 0 aromatic heterocycles. The van der Waals surface area contributed by atoms with Crippen LogP contribution in [-0.2, 0) is 10.0 Å². The first kappa shape index (κ1) is 16.2. The number of benzene rings is 2. The third-order valence-corrected chi connectivity index (χ3v) is 6.24. The second-order valence-electron chi connectivity index (χ2n) is 5.55. The van der Waals surface area contributed by atoms with Crippen molar-refractivity contribution < 1.29 is 12.8 Å². The zero-order valence-corrected chi connectivity index (χ0v) is 14.6. The van der Waals surface area contributed by atoms with Crippen LogP contribution in [0.25, 0.3) is 5.70 Å². The molecule has 8 heteroatoms. The highest BCUT2D eigenvalue weighted by atomic mass is 32.2. The van der Waals surface area contributed by atoms with Crippen LogP contribution in [-0.4, -0.2) is 31.6 Å². The van der Waals surface area contributed by atoms with Crippen molar-refractivity contribution >= 4 is 38.3 Å². The van der Waals surface area contributed by atoms with Crippen molar-refractivity contribution in [2.24, 2.45) is 4.99 Å². The lowest BCUT2D eigenvalue weighted by Gasteiger charge is -2.17. The predicted molar refractivity (Wildman–Crippen MR) is 98.2 cm³/mol. The Kier molecular flexibility index (Phi) is 4.01. The van der Waals surface area contributed by atoms with Gasteiger partial charge in [0.25, 0.3) is 10.0 Å². The molecule has 2 aromatic carbocycles. The van der Waals surface area contributed by atoms with Crippen LogP contribution in [0.2, 0.25) is 0 Å². The van der Waals surface area contributed by atoms with Crippen molar-refractivity contribution in [2.75, 3.05) is 17.8 Å². The first-order chi connectivity index (χ1) is 12.0. The summed E-state index contributed by atoms with van der Waals surface area (Å²) in [6.07, 6.45) is 0. The summed E-state index contributed by atoms with van der Waals surface area (Å²) in [7, 11) is -3.96. The second-order valence-corrected chi connectivity index (χ2v) is 8.04. The fourth-order valence-corrected chi connectivity index (χ4v) is 4.83. The summed E-state index contributed by atoms with van der Waals surface area (Å²) in [5.74, 6) is -0.777. The van der Waals surface area contributed by atoms with Crippen LogP contribution in [0.3, 0.4) is 0 Å². The van der Waals surface area contributed by atoms with E-state index in [0.29, 0.717) is 5.69 Å². The minimum absolute atomic E-state index is 0.369. The molecule has 2 aromatic rings. The fraction of sp³-hybridized carbons (Fsp3) is 0.118. The van der Waals surface area contributed by atoms with E-state index in [9.17, 15) is 12.8 Å². The van der Waals surface area contributed by atoms with Gasteiger partial charge in [-0.15, -0.1) is 0 Å². The number of fused-ring (bicyclic) bond motifs is 1. The van der Waals surface area contributed by atoms with Crippen LogP contribution >= 0.6 is 11.8 Å². The van der Waals surface area contributed by atoms with Gasteiger partial charge in [0.15, 0.2) is 5.17 Å². The Morgan fingerprint density at radius 2 is 1.88 bits per heavy atom. The van der Waals surface area contributed by atoms with Crippen molar-refractivity contribution in [3.63, 3.8) is 0 Å². The first-order valence-corrected chi connectivity index (χ1v) is 9.97. The summed E-state index contributed by atoms with van der Waals surface area (Å²) >= 11 is 1.59. The number of sulfonamides is 1. The Hall–Kier alpha value is -2.32. The number of hydrogen-bond acceptors (Lipinski definition) is 5. The summed E-state index contributed by atoms with van der Waals surface area (Å²) in [6, 6.07) is 12.3. The molecule has 5 nitrogen and oxygen atoms in total. The molecular weight excluding hydrogens is 361 g/mol. The molecule has 0 spiro atoms. The SMILES string of the molecule is O=S(=O)(Nc1ccc(C2=CSC3=NCCN23)cc1)c1ccccc1F. The lowest BCUT2D eigenvalue weighted by Crippen LogP contribution is -2.19. The van der Waals surface area contributed by atoms with Gasteiger partial charge >= 0.3 is 0 Å².